The van der Waals surface area contributed by atoms with Crippen molar-refractivity contribution >= 4 is 20.9 Å². The van der Waals surface area contributed by atoms with E-state index < -0.39 is 10.0 Å². The molecule has 31 heavy (non-hydrogen) atoms. The van der Waals surface area contributed by atoms with E-state index in [1.807, 2.05) is 6.92 Å². The summed E-state index contributed by atoms with van der Waals surface area (Å²) in [5.41, 5.74) is 1.58. The number of fused-ring (bicyclic) bond motifs is 1. The van der Waals surface area contributed by atoms with E-state index in [-0.39, 0.29) is 23.5 Å². The lowest BCUT2D eigenvalue weighted by atomic mass is 10.1. The van der Waals surface area contributed by atoms with Gasteiger partial charge in [0.1, 0.15) is 11.5 Å². The summed E-state index contributed by atoms with van der Waals surface area (Å²) in [4.78, 5) is 15.7. The van der Waals surface area contributed by atoms with Crippen LogP contribution in [0.2, 0.25) is 0 Å². The van der Waals surface area contributed by atoms with Crippen molar-refractivity contribution in [2.45, 2.75) is 24.9 Å². The molecule has 0 fully saturated rings. The quantitative estimate of drug-likeness (QED) is 0.473. The molecule has 0 aliphatic heterocycles. The zero-order valence-corrected chi connectivity index (χ0v) is 18.0. The average molecular weight is 439 g/mol. The maximum absolute atomic E-state index is 13.4. The fraction of sp³-hybridized carbons (Fsp3) is 0.174. The topological polar surface area (TPSA) is 92.6 Å². The minimum absolute atomic E-state index is 0.00119. The van der Waals surface area contributed by atoms with Gasteiger partial charge in [-0.25, -0.2) is 8.42 Å². The summed E-state index contributed by atoms with van der Waals surface area (Å²) >= 11 is 0. The Bertz CT molecular complexity index is 1360. The Morgan fingerprint density at radius 1 is 1.03 bits per heavy atom. The second kappa shape index (κ2) is 8.41. The number of nitrogens with one attached hydrogen (secondary N) is 1. The first-order valence-corrected chi connectivity index (χ1v) is 11.1. The van der Waals surface area contributed by atoms with E-state index in [0.29, 0.717) is 22.6 Å². The number of aromatic nitrogens is 1. The number of furan rings is 1. The molecular weight excluding hydrogens is 416 g/mol. The van der Waals surface area contributed by atoms with Gasteiger partial charge in [0.25, 0.3) is 5.56 Å². The van der Waals surface area contributed by atoms with Crippen LogP contribution < -0.4 is 10.3 Å². The van der Waals surface area contributed by atoms with Crippen LogP contribution in [0.5, 0.6) is 5.75 Å². The first-order valence-electron chi connectivity index (χ1n) is 9.66. The van der Waals surface area contributed by atoms with E-state index in [4.69, 9.17) is 9.15 Å². The average Bonchev–Trinajstić information content (AvgIpc) is 3.27. The third-order valence-electron chi connectivity index (χ3n) is 5.05. The Labute approximate surface area is 179 Å². The van der Waals surface area contributed by atoms with Crippen LogP contribution >= 0.6 is 0 Å². The monoisotopic (exact) mass is 438 g/mol. The highest BCUT2D eigenvalue weighted by Gasteiger charge is 2.26. The number of aromatic amines is 1. The number of hydrogen-bond donors (Lipinski definition) is 1. The molecule has 160 valence electrons. The third kappa shape index (κ3) is 4.40. The van der Waals surface area contributed by atoms with Crippen molar-refractivity contribution in [3.63, 3.8) is 0 Å². The van der Waals surface area contributed by atoms with Crippen LogP contribution in [0.15, 0.2) is 81.0 Å². The minimum Gasteiger partial charge on any atom is -0.497 e. The van der Waals surface area contributed by atoms with E-state index in [2.05, 4.69) is 4.98 Å². The largest absolute Gasteiger partial charge is 0.497 e. The fourth-order valence-electron chi connectivity index (χ4n) is 3.33. The van der Waals surface area contributed by atoms with Gasteiger partial charge in [-0.2, -0.15) is 4.31 Å². The number of rotatable bonds is 7. The number of H-pyrrole nitrogens is 1. The maximum atomic E-state index is 13.4. The van der Waals surface area contributed by atoms with Crippen molar-refractivity contribution in [2.75, 3.05) is 7.11 Å². The summed E-state index contributed by atoms with van der Waals surface area (Å²) in [6.07, 6.45) is 1.49. The normalized spacial score (nSPS) is 11.8. The highest BCUT2D eigenvalue weighted by atomic mass is 32.2. The van der Waals surface area contributed by atoms with Gasteiger partial charge in [0, 0.05) is 23.0 Å². The van der Waals surface area contributed by atoms with Gasteiger partial charge in [0.05, 0.1) is 24.8 Å². The molecule has 0 saturated carbocycles. The zero-order chi connectivity index (χ0) is 22.0. The molecule has 2 heterocycles. The minimum atomic E-state index is -3.88. The first kappa shape index (κ1) is 20.9. The van der Waals surface area contributed by atoms with Gasteiger partial charge >= 0.3 is 0 Å². The van der Waals surface area contributed by atoms with Crippen molar-refractivity contribution in [1.29, 1.82) is 0 Å². The lowest BCUT2D eigenvalue weighted by molar-refractivity contribution is 0.357. The molecule has 0 amide bonds. The summed E-state index contributed by atoms with van der Waals surface area (Å²) in [5, 5.41) is 0.750. The van der Waals surface area contributed by atoms with Gasteiger partial charge in [-0.3, -0.25) is 4.79 Å². The van der Waals surface area contributed by atoms with Crippen LogP contribution in [0.1, 0.15) is 16.9 Å². The molecule has 8 heteroatoms. The molecule has 7 nitrogen and oxygen atoms in total. The van der Waals surface area contributed by atoms with Crippen LogP contribution in [0.3, 0.4) is 0 Å². The molecule has 0 bridgehead atoms. The number of methoxy groups -OCH3 is 1. The molecule has 2 aromatic carbocycles. The number of pyridine rings is 1. The molecule has 2 aromatic heterocycles. The highest BCUT2D eigenvalue weighted by molar-refractivity contribution is 7.89. The molecule has 0 aliphatic carbocycles. The lowest BCUT2D eigenvalue weighted by Gasteiger charge is -2.21. The van der Waals surface area contributed by atoms with E-state index in [0.717, 1.165) is 10.9 Å². The third-order valence-corrected chi connectivity index (χ3v) is 6.85. The fourth-order valence-corrected chi connectivity index (χ4v) is 4.71. The van der Waals surface area contributed by atoms with Crippen molar-refractivity contribution < 1.29 is 17.6 Å². The number of ether oxygens (including phenoxy) is 1. The summed E-state index contributed by atoms with van der Waals surface area (Å²) in [6, 6.07) is 17.0. The smallest absolute Gasteiger partial charge is 0.252 e. The Hall–Kier alpha value is -3.36. The number of aryl methyl sites for hydroxylation is 1. The molecule has 1 N–H and O–H groups in total. The van der Waals surface area contributed by atoms with Gasteiger partial charge in [0.2, 0.25) is 10.0 Å². The molecule has 4 rings (SSSR count). The summed E-state index contributed by atoms with van der Waals surface area (Å²) in [6.45, 7) is 1.78. The van der Waals surface area contributed by atoms with Gasteiger partial charge < -0.3 is 14.1 Å². The Kier molecular flexibility index (Phi) is 5.67. The van der Waals surface area contributed by atoms with E-state index in [9.17, 15) is 13.2 Å². The van der Waals surface area contributed by atoms with Crippen molar-refractivity contribution in [3.8, 4) is 5.75 Å². The van der Waals surface area contributed by atoms with Gasteiger partial charge in [-0.05, 0) is 55.5 Å². The molecule has 4 aromatic rings. The maximum Gasteiger partial charge on any atom is 0.252 e. The van der Waals surface area contributed by atoms with E-state index in [1.165, 1.54) is 10.6 Å². The lowest BCUT2D eigenvalue weighted by Crippen LogP contribution is -2.32. The van der Waals surface area contributed by atoms with E-state index >= 15 is 0 Å². The predicted octanol–water partition coefficient (Wildman–Crippen LogP) is 3.83. The number of nitrogens with zero attached hydrogens (tertiary/aromatic N) is 1. The summed E-state index contributed by atoms with van der Waals surface area (Å²) in [5.74, 6) is 1.12. The highest BCUT2D eigenvalue weighted by Crippen LogP contribution is 2.23. The van der Waals surface area contributed by atoms with Crippen molar-refractivity contribution in [3.05, 3.63) is 94.2 Å². The van der Waals surface area contributed by atoms with Crippen LogP contribution in [-0.2, 0) is 23.1 Å². The summed E-state index contributed by atoms with van der Waals surface area (Å²) < 4.78 is 38.7. The molecule has 0 aliphatic rings. The molecular formula is C23H22N2O5S. The Morgan fingerprint density at radius 2 is 1.81 bits per heavy atom. The van der Waals surface area contributed by atoms with Gasteiger partial charge in [-0.1, -0.05) is 17.7 Å². The molecule has 0 spiro atoms. The first-order chi connectivity index (χ1) is 14.9. The SMILES string of the molecule is COc1ccc2[nH]c(=O)c(CN(Cc3ccco3)S(=O)(=O)c3ccc(C)cc3)cc2c1. The number of benzene rings is 2. The van der Waals surface area contributed by atoms with Crippen molar-refractivity contribution in [2.24, 2.45) is 0 Å². The predicted molar refractivity (Wildman–Crippen MR) is 117 cm³/mol. The summed E-state index contributed by atoms with van der Waals surface area (Å²) in [7, 11) is -2.32. The molecule has 0 unspecified atom stereocenters. The molecule has 0 saturated heterocycles. The Morgan fingerprint density at radius 3 is 2.48 bits per heavy atom. The van der Waals surface area contributed by atoms with Crippen molar-refractivity contribution in [1.82, 2.24) is 9.29 Å². The van der Waals surface area contributed by atoms with Gasteiger partial charge in [0.15, 0.2) is 0 Å². The van der Waals surface area contributed by atoms with Crippen LogP contribution in [0, 0.1) is 6.92 Å². The standard InChI is InChI=1S/C23H22N2O5S/c1-16-5-8-21(9-6-16)31(27,28)25(15-20-4-3-11-30-20)14-18-12-17-13-19(29-2)7-10-22(17)24-23(18)26/h3-13H,14-15H2,1-2H3,(H,24,26). The second-order valence-corrected chi connectivity index (χ2v) is 9.18. The number of hydrogen-bond acceptors (Lipinski definition) is 5. The molecule has 0 radical (unpaired) electrons. The number of sulfonamides is 1. The molecule has 0 atom stereocenters. The zero-order valence-electron chi connectivity index (χ0n) is 17.2. The van der Waals surface area contributed by atoms with Crippen LogP contribution in [-0.4, -0.2) is 24.8 Å². The van der Waals surface area contributed by atoms with E-state index in [1.54, 1.807) is 67.8 Å². The second-order valence-electron chi connectivity index (χ2n) is 7.24. The Balaban J connectivity index is 1.76. The van der Waals surface area contributed by atoms with Crippen LogP contribution in [0.25, 0.3) is 10.9 Å². The van der Waals surface area contributed by atoms with Gasteiger partial charge in [-0.15, -0.1) is 0 Å². The van der Waals surface area contributed by atoms with Crippen LogP contribution in [0.4, 0.5) is 0 Å².